The molecule has 22 heavy (non-hydrogen) atoms. The van der Waals surface area contributed by atoms with Gasteiger partial charge in [-0.3, -0.25) is 6.08 Å². The summed E-state index contributed by atoms with van der Waals surface area (Å²) in [5, 5.41) is 1.22. The van der Waals surface area contributed by atoms with Crippen LogP contribution in [0.25, 0.3) is 10.9 Å². The zero-order valence-corrected chi connectivity index (χ0v) is 17.6. The van der Waals surface area contributed by atoms with Crippen molar-refractivity contribution in [1.29, 1.82) is 0 Å². The molecule has 0 aliphatic heterocycles. The smallest absolute Gasteiger partial charge is 1.00 e. The van der Waals surface area contributed by atoms with E-state index in [1.54, 1.807) is 0 Å². The Hall–Kier alpha value is -0.297. The van der Waals surface area contributed by atoms with E-state index in [9.17, 15) is 0 Å². The number of aromatic amines is 1. The Balaban J connectivity index is 0. The largest absolute Gasteiger partial charge is 4.00 e. The number of aromatic nitrogens is 1. The summed E-state index contributed by atoms with van der Waals surface area (Å²) < 4.78 is 0. The summed E-state index contributed by atoms with van der Waals surface area (Å²) >= 11 is 0. The molecule has 1 nitrogen and oxygen atoms in total. The zero-order valence-electron chi connectivity index (χ0n) is 13.6. The van der Waals surface area contributed by atoms with Gasteiger partial charge in [0.2, 0.25) is 0 Å². The summed E-state index contributed by atoms with van der Waals surface area (Å²) in [4.78, 5) is 2.99. The van der Waals surface area contributed by atoms with Crippen molar-refractivity contribution in [3.05, 3.63) is 59.3 Å². The van der Waals surface area contributed by atoms with E-state index in [0.29, 0.717) is 0 Å². The molecular formula is C18H21Cl2NZr. The quantitative estimate of drug-likeness (QED) is 0.538. The van der Waals surface area contributed by atoms with Crippen molar-refractivity contribution < 1.29 is 51.0 Å². The number of para-hydroxylation sites is 1. The summed E-state index contributed by atoms with van der Waals surface area (Å²) in [6.45, 7) is 10.9. The molecule has 116 valence electrons. The molecule has 1 heterocycles. The van der Waals surface area contributed by atoms with Crippen LogP contribution in [0.3, 0.4) is 0 Å². The number of benzene rings is 1. The van der Waals surface area contributed by atoms with E-state index in [0.717, 1.165) is 5.52 Å². The third-order valence-corrected chi connectivity index (χ3v) is 3.96. The van der Waals surface area contributed by atoms with Crippen LogP contribution in [0.1, 0.15) is 34.6 Å². The molecular weight excluding hydrogens is 392 g/mol. The minimum absolute atomic E-state index is 0. The molecule has 0 bridgehead atoms. The maximum absolute atomic E-state index is 3.44. The van der Waals surface area contributed by atoms with Crippen LogP contribution in [0.15, 0.2) is 47.1 Å². The molecule has 0 fully saturated rings. The van der Waals surface area contributed by atoms with Gasteiger partial charge in [0, 0.05) is 0 Å². The van der Waals surface area contributed by atoms with E-state index in [2.05, 4.69) is 57.9 Å². The molecule has 0 atom stereocenters. The summed E-state index contributed by atoms with van der Waals surface area (Å²) in [5.41, 5.74) is 5.55. The Labute approximate surface area is 165 Å². The van der Waals surface area contributed by atoms with Crippen LogP contribution in [0, 0.1) is 17.7 Å². The average Bonchev–Trinajstić information content (AvgIpc) is 2.90. The van der Waals surface area contributed by atoms with Crippen molar-refractivity contribution in [2.75, 3.05) is 0 Å². The van der Waals surface area contributed by atoms with Crippen LogP contribution in [-0.4, -0.2) is 4.98 Å². The predicted molar refractivity (Wildman–Crippen MR) is 81.7 cm³/mol. The molecule has 0 saturated heterocycles. The maximum atomic E-state index is 3.44. The van der Waals surface area contributed by atoms with Gasteiger partial charge in [-0.1, -0.05) is 45.2 Å². The molecule has 0 saturated carbocycles. The van der Waals surface area contributed by atoms with Crippen molar-refractivity contribution in [1.82, 2.24) is 4.98 Å². The second-order valence-electron chi connectivity index (χ2n) is 5.63. The Morgan fingerprint density at radius 1 is 1.00 bits per heavy atom. The number of hydrogen-bond acceptors (Lipinski definition) is 0. The fourth-order valence-corrected chi connectivity index (χ4v) is 2.33. The van der Waals surface area contributed by atoms with E-state index in [1.807, 2.05) is 24.3 Å². The first kappa shape index (κ1) is 24.0. The van der Waals surface area contributed by atoms with Crippen LogP contribution < -0.4 is 24.8 Å². The first-order chi connectivity index (χ1) is 8.92. The Morgan fingerprint density at radius 2 is 1.59 bits per heavy atom. The number of fused-ring (bicyclic) bond motifs is 1. The van der Waals surface area contributed by atoms with Crippen LogP contribution in [0.5, 0.6) is 0 Å². The minimum atomic E-state index is 0. The monoisotopic (exact) mass is 411 g/mol. The second-order valence-corrected chi connectivity index (χ2v) is 5.63. The number of rotatable bonds is 0. The van der Waals surface area contributed by atoms with Crippen LogP contribution >= 0.6 is 0 Å². The first-order valence-corrected chi connectivity index (χ1v) is 6.65. The average molecular weight is 414 g/mol. The van der Waals surface area contributed by atoms with Gasteiger partial charge in [-0.2, -0.15) is 22.6 Å². The van der Waals surface area contributed by atoms with Crippen molar-refractivity contribution in [3.8, 4) is 0 Å². The normalized spacial score (nSPS) is 14.9. The SMILES string of the molecule is CC1=[C-]C(C)(C)C(C)=C1C.[Cl-].[Cl-].[Zr+4].[c-]1cc2ccccc2[nH]1. The van der Waals surface area contributed by atoms with Crippen molar-refractivity contribution in [2.24, 2.45) is 5.41 Å². The minimum Gasteiger partial charge on any atom is -1.00 e. The van der Waals surface area contributed by atoms with Gasteiger partial charge in [0.1, 0.15) is 0 Å². The van der Waals surface area contributed by atoms with Crippen molar-refractivity contribution in [2.45, 2.75) is 34.6 Å². The van der Waals surface area contributed by atoms with Gasteiger partial charge in [0.05, 0.1) is 0 Å². The van der Waals surface area contributed by atoms with Gasteiger partial charge in [-0.05, 0) is 0 Å². The van der Waals surface area contributed by atoms with Crippen LogP contribution in [0.4, 0.5) is 0 Å². The van der Waals surface area contributed by atoms with E-state index in [1.165, 1.54) is 22.1 Å². The molecule has 1 N–H and O–H groups in total. The number of allylic oxidation sites excluding steroid dienone is 4. The van der Waals surface area contributed by atoms with Gasteiger partial charge in [0.15, 0.2) is 0 Å². The standard InChI is InChI=1S/C10H15.C8H6N.2ClH.Zr/c1-7-6-10(4,5)9(3)8(7)2;1-2-4-8-7(3-1)5-6-9-8;;;/h1-5H3;1-5,9H;2*1H;/q2*-1;;;+4/p-2. The Morgan fingerprint density at radius 3 is 2.00 bits per heavy atom. The molecule has 1 aromatic carbocycles. The van der Waals surface area contributed by atoms with Crippen LogP contribution in [0.2, 0.25) is 0 Å². The number of H-pyrrole nitrogens is 1. The van der Waals surface area contributed by atoms with Gasteiger partial charge < -0.3 is 29.8 Å². The van der Waals surface area contributed by atoms with E-state index < -0.39 is 0 Å². The molecule has 1 aromatic heterocycles. The third-order valence-electron chi connectivity index (χ3n) is 3.96. The molecule has 0 radical (unpaired) electrons. The van der Waals surface area contributed by atoms with E-state index in [-0.39, 0.29) is 56.4 Å². The Bertz CT molecular complexity index is 624. The van der Waals surface area contributed by atoms with Crippen LogP contribution in [-0.2, 0) is 26.2 Å². The number of nitrogens with one attached hydrogen (secondary N) is 1. The van der Waals surface area contributed by atoms with Gasteiger partial charge in [-0.25, -0.2) is 5.57 Å². The molecule has 2 aromatic rings. The van der Waals surface area contributed by atoms with Gasteiger partial charge in [0.25, 0.3) is 0 Å². The molecule has 1 aliphatic rings. The fraction of sp³-hybridized carbons (Fsp3) is 0.333. The topological polar surface area (TPSA) is 15.8 Å². The molecule has 1 aliphatic carbocycles. The molecule has 4 heteroatoms. The summed E-state index contributed by atoms with van der Waals surface area (Å²) in [5.74, 6) is 0. The predicted octanol–water partition coefficient (Wildman–Crippen LogP) is -0.914. The number of halogens is 2. The maximum Gasteiger partial charge on any atom is 4.00 e. The summed E-state index contributed by atoms with van der Waals surface area (Å²) in [7, 11) is 0. The number of hydrogen-bond donors (Lipinski definition) is 1. The van der Waals surface area contributed by atoms with Gasteiger partial charge >= 0.3 is 26.2 Å². The van der Waals surface area contributed by atoms with Gasteiger partial charge in [-0.15, -0.1) is 30.8 Å². The van der Waals surface area contributed by atoms with E-state index >= 15 is 0 Å². The zero-order chi connectivity index (χ0) is 14.0. The summed E-state index contributed by atoms with van der Waals surface area (Å²) in [6, 6.07) is 10.1. The Kier molecular flexibility index (Phi) is 10.6. The van der Waals surface area contributed by atoms with Crippen molar-refractivity contribution >= 4 is 10.9 Å². The second kappa shape index (κ2) is 9.76. The fourth-order valence-electron chi connectivity index (χ4n) is 2.33. The first-order valence-electron chi connectivity index (χ1n) is 6.65. The molecule has 0 amide bonds. The molecule has 0 spiro atoms. The van der Waals surface area contributed by atoms with E-state index in [4.69, 9.17) is 0 Å². The third kappa shape index (κ3) is 5.41. The van der Waals surface area contributed by atoms with Crippen molar-refractivity contribution in [3.63, 3.8) is 0 Å². The molecule has 3 rings (SSSR count). The summed E-state index contributed by atoms with van der Waals surface area (Å²) in [6.07, 6.45) is 6.35. The molecule has 0 unspecified atom stereocenters.